The largest absolute Gasteiger partial charge is 0.487 e. The Labute approximate surface area is 261 Å². The monoisotopic (exact) mass is 614 g/mol. The smallest absolute Gasteiger partial charge is 0.323 e. The summed E-state index contributed by atoms with van der Waals surface area (Å²) in [4.78, 5) is 43.0. The van der Waals surface area contributed by atoms with Crippen LogP contribution in [-0.2, 0) is 0 Å². The molecule has 3 atom stereocenters. The Balaban J connectivity index is 1.37. The number of nitrogens with zero attached hydrogens (tertiary/aromatic N) is 3. The Bertz CT molecular complexity index is 1700. The van der Waals surface area contributed by atoms with E-state index >= 15 is 0 Å². The Morgan fingerprint density at radius 3 is 2.58 bits per heavy atom. The molecule has 5 amide bonds. The zero-order valence-electron chi connectivity index (χ0n) is 26.0. The van der Waals surface area contributed by atoms with Crippen LogP contribution in [0.4, 0.5) is 26.7 Å². The van der Waals surface area contributed by atoms with Crippen LogP contribution in [0.3, 0.4) is 0 Å². The molecule has 4 N–H and O–H groups in total. The summed E-state index contributed by atoms with van der Waals surface area (Å²) in [6, 6.07) is 16.9. The molecule has 45 heavy (non-hydrogen) atoms. The minimum Gasteiger partial charge on any atom is -0.487 e. The van der Waals surface area contributed by atoms with Gasteiger partial charge >= 0.3 is 12.1 Å². The average Bonchev–Trinajstić information content (AvgIpc) is 3.34. The number of urea groups is 2. The molecular weight excluding hydrogens is 576 g/mol. The number of rotatable bonds is 7. The number of aromatic nitrogens is 1. The van der Waals surface area contributed by atoms with Crippen LogP contribution in [0.1, 0.15) is 35.7 Å². The first-order valence-corrected chi connectivity index (χ1v) is 14.8. The molecule has 0 aliphatic carbocycles. The van der Waals surface area contributed by atoms with Crippen molar-refractivity contribution in [3.05, 3.63) is 77.7 Å². The molecule has 0 radical (unpaired) electrons. The highest BCUT2D eigenvalue weighted by Crippen LogP contribution is 2.31. The van der Waals surface area contributed by atoms with E-state index in [4.69, 9.17) is 9.26 Å². The van der Waals surface area contributed by atoms with Gasteiger partial charge in [-0.05, 0) is 50.4 Å². The molecule has 236 valence electrons. The molecule has 12 heteroatoms. The molecule has 0 saturated carbocycles. The number of hydrogen-bond donors (Lipinski definition) is 4. The maximum absolute atomic E-state index is 13.8. The summed E-state index contributed by atoms with van der Waals surface area (Å²) in [5.41, 5.74) is 2.36. The lowest BCUT2D eigenvalue weighted by Gasteiger charge is -2.38. The van der Waals surface area contributed by atoms with Crippen LogP contribution in [0.25, 0.3) is 10.8 Å². The van der Waals surface area contributed by atoms with Gasteiger partial charge in [-0.15, -0.1) is 0 Å². The Morgan fingerprint density at radius 2 is 1.84 bits per heavy atom. The van der Waals surface area contributed by atoms with E-state index in [1.54, 1.807) is 50.9 Å². The fourth-order valence-corrected chi connectivity index (χ4v) is 5.35. The highest BCUT2D eigenvalue weighted by atomic mass is 16.5. The van der Waals surface area contributed by atoms with Gasteiger partial charge in [0.05, 0.1) is 30.4 Å². The van der Waals surface area contributed by atoms with Crippen molar-refractivity contribution in [3.63, 3.8) is 0 Å². The van der Waals surface area contributed by atoms with Crippen molar-refractivity contribution in [1.29, 1.82) is 0 Å². The number of nitrogens with one attached hydrogen (secondary N) is 3. The minimum atomic E-state index is -0.501. The van der Waals surface area contributed by atoms with Crippen LogP contribution in [0, 0.1) is 19.8 Å². The third-order valence-corrected chi connectivity index (χ3v) is 8.03. The van der Waals surface area contributed by atoms with Gasteiger partial charge in [-0.2, -0.15) is 0 Å². The van der Waals surface area contributed by atoms with Crippen molar-refractivity contribution in [2.24, 2.45) is 5.92 Å². The van der Waals surface area contributed by atoms with Gasteiger partial charge in [-0.3, -0.25) is 4.79 Å². The summed E-state index contributed by atoms with van der Waals surface area (Å²) in [6.07, 6.45) is -0.501. The molecule has 12 nitrogen and oxygen atoms in total. The van der Waals surface area contributed by atoms with Gasteiger partial charge in [0.2, 0.25) is 0 Å². The first-order chi connectivity index (χ1) is 21.5. The third-order valence-electron chi connectivity index (χ3n) is 8.03. The summed E-state index contributed by atoms with van der Waals surface area (Å²) >= 11 is 0. The third kappa shape index (κ3) is 6.86. The SMILES string of the molecule is Cc1noc(C)c1NC(=O)N(C)C[C@H]1Oc2ccc(NC(=O)Nc3cccc4ccccc34)cc2C(=O)N([C@H](C)CO)C[C@H]1C. The number of aliphatic hydroxyl groups excluding tert-OH is 1. The molecule has 1 aromatic heterocycles. The lowest BCUT2D eigenvalue weighted by atomic mass is 9.99. The number of hydrogen-bond acceptors (Lipinski definition) is 7. The van der Waals surface area contributed by atoms with Gasteiger partial charge in [-0.1, -0.05) is 48.5 Å². The van der Waals surface area contributed by atoms with Crippen molar-refractivity contribution in [1.82, 2.24) is 15.0 Å². The van der Waals surface area contributed by atoms with Gasteiger partial charge in [0.1, 0.15) is 23.2 Å². The molecule has 3 aromatic carbocycles. The topological polar surface area (TPSA) is 149 Å². The van der Waals surface area contributed by atoms with Crippen molar-refractivity contribution >= 4 is 45.8 Å². The molecule has 0 fully saturated rings. The second kappa shape index (κ2) is 13.3. The fourth-order valence-electron chi connectivity index (χ4n) is 5.35. The minimum absolute atomic E-state index is 0.199. The van der Waals surface area contributed by atoms with E-state index in [9.17, 15) is 19.5 Å². The lowest BCUT2D eigenvalue weighted by Crippen LogP contribution is -2.50. The molecule has 0 unspecified atom stereocenters. The number of aliphatic hydroxyl groups is 1. The number of carbonyl (C=O) groups excluding carboxylic acids is 3. The van der Waals surface area contributed by atoms with Crippen molar-refractivity contribution < 1.29 is 28.8 Å². The van der Waals surface area contributed by atoms with Crippen molar-refractivity contribution in [2.75, 3.05) is 42.7 Å². The number of carbonyl (C=O) groups is 3. The lowest BCUT2D eigenvalue weighted by molar-refractivity contribution is 0.0371. The van der Waals surface area contributed by atoms with Crippen LogP contribution in [0.15, 0.2) is 65.2 Å². The van der Waals surface area contributed by atoms with Crippen LogP contribution >= 0.6 is 0 Å². The highest BCUT2D eigenvalue weighted by molar-refractivity contribution is 6.07. The molecule has 2 heterocycles. The van der Waals surface area contributed by atoms with Crippen molar-refractivity contribution in [2.45, 2.75) is 39.8 Å². The van der Waals surface area contributed by atoms with Gasteiger partial charge in [-0.25, -0.2) is 9.59 Å². The maximum atomic E-state index is 13.8. The van der Waals surface area contributed by atoms with Crippen molar-refractivity contribution in [3.8, 4) is 5.75 Å². The van der Waals surface area contributed by atoms with Crippen LogP contribution < -0.4 is 20.7 Å². The van der Waals surface area contributed by atoms with Gasteiger partial charge in [0, 0.05) is 30.6 Å². The Hall–Kier alpha value is -5.10. The number of fused-ring (bicyclic) bond motifs is 2. The second-order valence-corrected chi connectivity index (χ2v) is 11.4. The Morgan fingerprint density at radius 1 is 1.09 bits per heavy atom. The van der Waals surface area contributed by atoms with E-state index < -0.39 is 18.2 Å². The van der Waals surface area contributed by atoms with Gasteiger partial charge in [0.25, 0.3) is 5.91 Å². The molecule has 1 aliphatic rings. The van der Waals surface area contributed by atoms with E-state index in [1.807, 2.05) is 49.4 Å². The summed E-state index contributed by atoms with van der Waals surface area (Å²) in [5.74, 6) is 0.279. The molecule has 1 aliphatic heterocycles. The number of benzene rings is 3. The zero-order chi connectivity index (χ0) is 32.2. The Kier molecular flexibility index (Phi) is 9.24. The number of aryl methyl sites for hydroxylation is 2. The predicted octanol–water partition coefficient (Wildman–Crippen LogP) is 5.47. The van der Waals surface area contributed by atoms with E-state index in [-0.39, 0.29) is 43.1 Å². The van der Waals surface area contributed by atoms with E-state index in [2.05, 4.69) is 21.1 Å². The standard InChI is InChI=1S/C33H38N6O6/c1-19-16-39(20(2)18-40)31(41)26-15-24(34-32(42)35-27-12-8-10-23-9-6-7-11-25(23)27)13-14-28(26)44-29(19)17-38(5)33(43)36-30-21(3)37-45-22(30)4/h6-15,19-20,29,40H,16-18H2,1-5H3,(H,36,43)(H2,34,35,42)/t19-,20-,29-/m1/s1. The first kappa shape index (κ1) is 31.3. The number of likely N-dealkylation sites (N-methyl/N-ethyl adjacent to an activating group) is 1. The summed E-state index contributed by atoms with van der Waals surface area (Å²) in [5, 5.41) is 24.3. The predicted molar refractivity (Wildman–Crippen MR) is 172 cm³/mol. The van der Waals surface area contributed by atoms with E-state index in [1.165, 1.54) is 4.90 Å². The quantitative estimate of drug-likeness (QED) is 0.216. The van der Waals surface area contributed by atoms with Crippen LogP contribution in [-0.4, -0.2) is 76.9 Å². The number of anilines is 3. The first-order valence-electron chi connectivity index (χ1n) is 14.8. The molecule has 0 bridgehead atoms. The van der Waals surface area contributed by atoms with E-state index in [0.29, 0.717) is 34.3 Å². The molecular formula is C33H38N6O6. The van der Waals surface area contributed by atoms with Gasteiger partial charge in [0.15, 0.2) is 5.76 Å². The van der Waals surface area contributed by atoms with E-state index in [0.717, 1.165) is 10.8 Å². The number of amides is 5. The molecule has 0 spiro atoms. The highest BCUT2D eigenvalue weighted by Gasteiger charge is 2.34. The second-order valence-electron chi connectivity index (χ2n) is 11.4. The molecule has 4 aromatic rings. The summed E-state index contributed by atoms with van der Waals surface area (Å²) in [6.45, 7) is 7.43. The normalized spacial score (nSPS) is 17.0. The molecule has 5 rings (SSSR count). The summed E-state index contributed by atoms with van der Waals surface area (Å²) < 4.78 is 11.5. The number of ether oxygens (including phenoxy) is 1. The average molecular weight is 615 g/mol. The van der Waals surface area contributed by atoms with Gasteiger partial charge < -0.3 is 40.1 Å². The fraction of sp³-hybridized carbons (Fsp3) is 0.333. The summed E-state index contributed by atoms with van der Waals surface area (Å²) in [7, 11) is 1.66. The van der Waals surface area contributed by atoms with Crippen LogP contribution in [0.5, 0.6) is 5.75 Å². The maximum Gasteiger partial charge on any atom is 0.323 e. The zero-order valence-corrected chi connectivity index (χ0v) is 26.0. The van der Waals surface area contributed by atoms with Crippen LogP contribution in [0.2, 0.25) is 0 Å². The molecule has 0 saturated heterocycles.